The fourth-order valence-corrected chi connectivity index (χ4v) is 18.9. The first-order chi connectivity index (χ1) is 55.2. The predicted molar refractivity (Wildman–Crippen MR) is 442 cm³/mol. The van der Waals surface area contributed by atoms with E-state index in [0.717, 1.165) is 99.5 Å². The van der Waals surface area contributed by atoms with Crippen LogP contribution < -0.4 is 77.9 Å². The fourth-order valence-electron chi connectivity index (χ4n) is 18.9. The third-order valence-electron chi connectivity index (χ3n) is 23.5. The first kappa shape index (κ1) is 62.7. The van der Waals surface area contributed by atoms with Crippen LogP contribution in [0.1, 0.15) is 0 Å². The summed E-state index contributed by atoms with van der Waals surface area (Å²) in [6.07, 6.45) is 0. The number of fused-ring (bicyclic) bond motifs is 15. The molecule has 112 heavy (non-hydrogen) atoms. The molecule has 0 fully saturated rings. The maximum absolute atomic E-state index is 18.1. The van der Waals surface area contributed by atoms with Gasteiger partial charge in [0.25, 0.3) is 20.1 Å². The molecule has 9 heterocycles. The predicted octanol–water partition coefficient (Wildman–Crippen LogP) is 18.6. The van der Waals surface area contributed by atoms with E-state index in [4.69, 9.17) is 18.9 Å². The van der Waals surface area contributed by atoms with Gasteiger partial charge < -0.3 is 42.4 Å². The Bertz CT molecular complexity index is 7110. The third-order valence-corrected chi connectivity index (χ3v) is 23.5. The Kier molecular flexibility index (Phi) is 13.2. The van der Waals surface area contributed by atoms with Crippen LogP contribution in [-0.2, 0) is 0 Å². The van der Waals surface area contributed by atoms with Crippen molar-refractivity contribution >= 4 is 136 Å². The molecule has 0 radical (unpaired) electrons. The number of hydrogen-bond acceptors (Lipinski definition) is 6. The summed E-state index contributed by atoms with van der Waals surface area (Å²) in [6.45, 7) is -1.88. The van der Waals surface area contributed by atoms with Crippen molar-refractivity contribution in [2.45, 2.75) is 0 Å². The van der Waals surface area contributed by atoms with Crippen molar-refractivity contribution in [3.8, 4) is 96.8 Å². The maximum Gasteiger partial charge on any atom is 0.260 e. The first-order valence-electron chi connectivity index (χ1n) is 37.5. The Morgan fingerprint density at radius 3 is 0.955 bits per heavy atom. The molecule has 6 aliphatic rings. The molecular weight excluding hydrogens is 1400 g/mol. The number of halogens is 4. The molecule has 0 amide bonds. The van der Waals surface area contributed by atoms with Crippen LogP contribution in [0.15, 0.2) is 328 Å². The van der Waals surface area contributed by atoms with Crippen LogP contribution in [0.25, 0.3) is 83.5 Å². The highest BCUT2D eigenvalue weighted by atomic mass is 19.1. The summed E-state index contributed by atoms with van der Waals surface area (Å²) in [7, 11) is 0. The molecule has 18 aromatic rings. The van der Waals surface area contributed by atoms with Gasteiger partial charge in [-0.2, -0.15) is 0 Å². The van der Waals surface area contributed by atoms with Gasteiger partial charge >= 0.3 is 0 Å². The number of nitrogens with zero attached hydrogens (tertiary/aromatic N) is 5. The minimum atomic E-state index is -0.846. The van der Waals surface area contributed by atoms with Crippen LogP contribution in [0.4, 0.5) is 51.7 Å². The van der Waals surface area contributed by atoms with Crippen molar-refractivity contribution in [2.24, 2.45) is 0 Å². The van der Waals surface area contributed by atoms with Gasteiger partial charge in [0.15, 0.2) is 0 Å². The summed E-state index contributed by atoms with van der Waals surface area (Å²) in [4.78, 5) is 3.32. The van der Waals surface area contributed by atoms with Crippen molar-refractivity contribution < 1.29 is 36.5 Å². The van der Waals surface area contributed by atoms with E-state index in [2.05, 4.69) is 159 Å². The van der Waals surface area contributed by atoms with Gasteiger partial charge in [0.1, 0.15) is 80.6 Å². The second kappa shape index (κ2) is 23.6. The smallest absolute Gasteiger partial charge is 0.260 e. The largest absolute Gasteiger partial charge is 0.458 e. The van der Waals surface area contributed by atoms with Gasteiger partial charge in [-0.1, -0.05) is 206 Å². The average Bonchev–Trinajstić information content (AvgIpc) is 0.743. The normalized spacial score (nSPS) is 13.4. The molecular formula is C96H54B3F4N5O4. The SMILES string of the molecule is Fc1cccc(F)c1N1c2cc3c(cc2B2c4ccccc4Oc4cc(-n5c(-c6ccccc6)cc6ccccc65)cc1c42)B1c2cc4c(cc2Oc2cc(-n5c(-c6ccccc6)cc6ccccc65)cc(c21)N3c1c(F)cccc1F)Oc1cc(-n2c(-c3ccccc3)cc3ccccc32)cc2c1B4c1ccccc1O2. The first-order valence-corrected chi connectivity index (χ1v) is 37.5. The lowest BCUT2D eigenvalue weighted by atomic mass is 9.29. The minimum absolute atomic E-state index is 0.347. The van der Waals surface area contributed by atoms with Gasteiger partial charge in [-0.15, -0.1) is 0 Å². The lowest BCUT2D eigenvalue weighted by molar-refractivity contribution is 0.456. The van der Waals surface area contributed by atoms with Gasteiger partial charge in [-0.25, -0.2) is 17.6 Å². The van der Waals surface area contributed by atoms with Crippen molar-refractivity contribution in [1.82, 2.24) is 13.7 Å². The van der Waals surface area contributed by atoms with Gasteiger partial charge in [0.2, 0.25) is 0 Å². The Balaban J connectivity index is 0.794. The Morgan fingerprint density at radius 2 is 0.545 bits per heavy atom. The van der Waals surface area contributed by atoms with Crippen molar-refractivity contribution in [3.05, 3.63) is 351 Å². The van der Waals surface area contributed by atoms with Crippen LogP contribution in [0.3, 0.4) is 0 Å². The molecule has 0 saturated carbocycles. The lowest BCUT2D eigenvalue weighted by Gasteiger charge is -2.44. The average molecular weight is 1450 g/mol. The third kappa shape index (κ3) is 8.99. The monoisotopic (exact) mass is 1450 g/mol. The van der Waals surface area contributed by atoms with Crippen LogP contribution in [-0.4, -0.2) is 33.8 Å². The molecule has 0 unspecified atom stereocenters. The van der Waals surface area contributed by atoms with Gasteiger partial charge in [0, 0.05) is 74.7 Å². The van der Waals surface area contributed by atoms with Crippen molar-refractivity contribution in [1.29, 1.82) is 0 Å². The summed E-state index contributed by atoms with van der Waals surface area (Å²) in [6, 6.07) is 106. The van der Waals surface area contributed by atoms with E-state index in [1.165, 1.54) is 36.4 Å². The molecule has 16 heteroatoms. The number of aromatic nitrogens is 3. The van der Waals surface area contributed by atoms with E-state index in [9.17, 15) is 0 Å². The standard InChI is InChI=1S/C96H54B3F4N5O4/c100-70-33-20-34-71(101)95(70)107-80-53-81-67(51-66(80)97-64-31-13-18-40-84(64)109-88-47-61(45-82(107)92(88)97)104-74-37-15-10-28-58(74)42-77(104)55-22-4-1-5-23-55)99-69-52-68-86(112-91-50-63(49-90-94(91)98(68)65-32-14-19-41-85(65)110-90)106-76-39-17-12-30-60(76)44-79(106)57-26-8-3-9-27-57)54-87(69)111-89-48-62(46-83(93(89)99)108(81)96-72(102)35-21-36-73(96)103)105-75-38-16-11-29-59(75)43-78(105)56-24-6-2-7-25-56/h1-54H. The molecule has 3 aromatic heterocycles. The highest BCUT2D eigenvalue weighted by Crippen LogP contribution is 2.52. The molecule has 0 saturated heterocycles. The second-order valence-electron chi connectivity index (χ2n) is 29.5. The Hall–Kier alpha value is -14.4. The minimum Gasteiger partial charge on any atom is -0.458 e. The zero-order valence-corrected chi connectivity index (χ0v) is 59.3. The summed E-state index contributed by atoms with van der Waals surface area (Å²) in [5.41, 5.74) is 18.1. The molecule has 15 aromatic carbocycles. The van der Waals surface area contributed by atoms with Crippen molar-refractivity contribution in [3.63, 3.8) is 0 Å². The van der Waals surface area contributed by atoms with Crippen LogP contribution in [0, 0.1) is 23.3 Å². The van der Waals surface area contributed by atoms with E-state index in [-0.39, 0.29) is 11.4 Å². The van der Waals surface area contributed by atoms with E-state index in [1.54, 1.807) is 9.80 Å². The van der Waals surface area contributed by atoms with Crippen LogP contribution >= 0.6 is 0 Å². The number of para-hydroxylation sites is 7. The van der Waals surface area contributed by atoms with E-state index >= 15 is 17.6 Å². The number of anilines is 6. The molecule has 0 N–H and O–H groups in total. The Labute approximate surface area is 640 Å². The molecule has 0 bridgehead atoms. The molecule has 0 spiro atoms. The molecule has 0 atom stereocenters. The highest BCUT2D eigenvalue weighted by Gasteiger charge is 2.51. The number of benzene rings is 15. The number of ether oxygens (including phenoxy) is 4. The summed E-state index contributed by atoms with van der Waals surface area (Å²) in [5.74, 6) is 1.10. The molecule has 0 aliphatic carbocycles. The topological polar surface area (TPSA) is 58.2 Å². The molecule has 6 aliphatic heterocycles. The lowest BCUT2D eigenvalue weighted by Crippen LogP contribution is -2.65. The summed E-state index contributed by atoms with van der Waals surface area (Å²) >= 11 is 0. The van der Waals surface area contributed by atoms with E-state index in [1.807, 2.05) is 146 Å². The summed E-state index contributed by atoms with van der Waals surface area (Å²) in [5, 5.41) is 3.01. The number of hydrogen-bond donors (Lipinski definition) is 0. The molecule has 9 nitrogen and oxygen atoms in total. The quantitative estimate of drug-likeness (QED) is 0.112. The zero-order valence-electron chi connectivity index (χ0n) is 59.3. The van der Waals surface area contributed by atoms with Crippen LogP contribution in [0.2, 0.25) is 0 Å². The Morgan fingerprint density at radius 1 is 0.223 bits per heavy atom. The highest BCUT2D eigenvalue weighted by molar-refractivity contribution is 7.03. The van der Waals surface area contributed by atoms with Gasteiger partial charge in [-0.3, -0.25) is 0 Å². The van der Waals surface area contributed by atoms with Crippen molar-refractivity contribution in [2.75, 3.05) is 9.80 Å². The van der Waals surface area contributed by atoms with Gasteiger partial charge in [0.05, 0.1) is 50.7 Å². The zero-order chi connectivity index (χ0) is 73.9. The van der Waals surface area contributed by atoms with E-state index < -0.39 is 43.4 Å². The van der Waals surface area contributed by atoms with Gasteiger partial charge in [-0.05, 0) is 151 Å². The van der Waals surface area contributed by atoms with Crippen LogP contribution in [0.5, 0.6) is 46.0 Å². The fraction of sp³-hybridized carbons (Fsp3) is 0. The maximum atomic E-state index is 18.1. The molecule has 524 valence electrons. The molecule has 24 rings (SSSR count). The number of rotatable bonds is 8. The summed E-state index contributed by atoms with van der Waals surface area (Å²) < 4.78 is 108. The second-order valence-corrected chi connectivity index (χ2v) is 29.5. The van der Waals surface area contributed by atoms with E-state index in [0.29, 0.717) is 102 Å².